The van der Waals surface area contributed by atoms with Crippen LogP contribution in [0.4, 0.5) is 0 Å². The van der Waals surface area contributed by atoms with Crippen molar-refractivity contribution < 1.29 is 28.5 Å². The summed E-state index contributed by atoms with van der Waals surface area (Å²) in [6.07, 6.45) is 6.44. The van der Waals surface area contributed by atoms with E-state index in [-0.39, 0.29) is 24.0 Å². The molecule has 0 N–H and O–H groups in total. The molecule has 0 aliphatic heterocycles. The molecular formula is C25H44IN. The van der Waals surface area contributed by atoms with Gasteiger partial charge in [0.15, 0.2) is 0 Å². The lowest BCUT2D eigenvalue weighted by Gasteiger charge is -2.43. The van der Waals surface area contributed by atoms with Crippen LogP contribution in [0.5, 0.6) is 0 Å². The van der Waals surface area contributed by atoms with E-state index in [2.05, 4.69) is 67.5 Å². The lowest BCUT2D eigenvalue weighted by molar-refractivity contribution is -0.941. The highest BCUT2D eigenvalue weighted by Gasteiger charge is 2.38. The summed E-state index contributed by atoms with van der Waals surface area (Å²) in [6.45, 7) is 24.3. The molecule has 0 heterocycles. The monoisotopic (exact) mass is 485 g/mol. The first-order valence-corrected chi connectivity index (χ1v) is 11.1. The molecule has 0 aromatic heterocycles. The Labute approximate surface area is 186 Å². The van der Waals surface area contributed by atoms with Crippen LogP contribution in [0, 0.1) is 6.92 Å². The van der Waals surface area contributed by atoms with Crippen LogP contribution in [0.15, 0.2) is 12.1 Å². The highest BCUT2D eigenvalue weighted by molar-refractivity contribution is 5.46. The molecule has 0 atom stereocenters. The van der Waals surface area contributed by atoms with Crippen LogP contribution in [0.3, 0.4) is 0 Å². The van der Waals surface area contributed by atoms with Crippen molar-refractivity contribution in [3.8, 4) is 0 Å². The number of hydrogen-bond donors (Lipinski definition) is 0. The second kappa shape index (κ2) is 9.61. The van der Waals surface area contributed by atoms with E-state index in [9.17, 15) is 0 Å². The molecule has 1 aromatic rings. The van der Waals surface area contributed by atoms with Gasteiger partial charge >= 0.3 is 0 Å². The first-order valence-electron chi connectivity index (χ1n) is 11.1. The summed E-state index contributed by atoms with van der Waals surface area (Å²) >= 11 is 0. The average molecular weight is 486 g/mol. The van der Waals surface area contributed by atoms with Crippen LogP contribution in [0.2, 0.25) is 0 Å². The minimum atomic E-state index is 0. The summed E-state index contributed by atoms with van der Waals surface area (Å²) in [6, 6.07) is 5.16. The summed E-state index contributed by atoms with van der Waals surface area (Å²) in [5.41, 5.74) is 6.97. The molecule has 1 aliphatic carbocycles. The van der Waals surface area contributed by atoms with E-state index in [1.165, 1.54) is 68.3 Å². The smallest absolute Gasteiger partial charge is 0.105 e. The standard InChI is InChI=1S/C25H44N.HI/c1-9-14-26(15-10-2,16-11-3)19-21-18-23-22(17-20(21)4)24(5,6)12-13-25(23,7)8;/h17-18H,9-16,19H2,1-8H3;1H/q+1;/p-1. The van der Waals surface area contributed by atoms with Gasteiger partial charge in [-0.1, -0.05) is 54.5 Å². The number of benzene rings is 1. The average Bonchev–Trinajstić information content (AvgIpc) is 2.54. The Bertz CT molecular complexity index is 598. The summed E-state index contributed by atoms with van der Waals surface area (Å²) in [4.78, 5) is 0. The summed E-state index contributed by atoms with van der Waals surface area (Å²) in [7, 11) is 0. The lowest BCUT2D eigenvalue weighted by atomic mass is 9.62. The lowest BCUT2D eigenvalue weighted by Crippen LogP contribution is -3.00. The fourth-order valence-corrected chi connectivity index (χ4v) is 5.29. The van der Waals surface area contributed by atoms with Crippen LogP contribution < -0.4 is 24.0 Å². The Morgan fingerprint density at radius 1 is 0.778 bits per heavy atom. The normalized spacial score (nSPS) is 17.9. The fourth-order valence-electron chi connectivity index (χ4n) is 5.29. The maximum Gasteiger partial charge on any atom is 0.105 e. The molecule has 0 bridgehead atoms. The molecule has 1 aromatic carbocycles. The van der Waals surface area contributed by atoms with E-state index >= 15 is 0 Å². The third-order valence-electron chi connectivity index (χ3n) is 6.91. The number of halogens is 1. The Kier molecular flexibility index (Phi) is 8.88. The number of rotatable bonds is 8. The maximum absolute atomic E-state index is 2.61. The molecule has 0 amide bonds. The zero-order valence-corrected chi connectivity index (χ0v) is 21.5. The predicted molar refractivity (Wildman–Crippen MR) is 116 cm³/mol. The van der Waals surface area contributed by atoms with Gasteiger partial charge in [0, 0.05) is 5.56 Å². The highest BCUT2D eigenvalue weighted by Crippen LogP contribution is 2.46. The SMILES string of the molecule is CCC[N+](CCC)(CCC)Cc1cc2c(cc1C)C(C)(C)CCC2(C)C.[I-]. The Morgan fingerprint density at radius 3 is 1.59 bits per heavy atom. The molecule has 2 heteroatoms. The molecule has 0 fully saturated rings. The maximum atomic E-state index is 2.61. The molecule has 0 spiro atoms. The van der Waals surface area contributed by atoms with E-state index in [4.69, 9.17) is 0 Å². The second-order valence-corrected chi connectivity index (χ2v) is 10.3. The fraction of sp³-hybridized carbons (Fsp3) is 0.760. The molecule has 1 aliphatic rings. The van der Waals surface area contributed by atoms with E-state index < -0.39 is 0 Å². The van der Waals surface area contributed by atoms with Crippen molar-refractivity contribution in [2.75, 3.05) is 19.6 Å². The van der Waals surface area contributed by atoms with Crippen molar-refractivity contribution in [3.05, 3.63) is 34.4 Å². The minimum Gasteiger partial charge on any atom is -1.00 e. The highest BCUT2D eigenvalue weighted by atomic mass is 127. The van der Waals surface area contributed by atoms with Gasteiger partial charge in [0.1, 0.15) is 6.54 Å². The quantitative estimate of drug-likeness (QED) is 0.387. The summed E-state index contributed by atoms with van der Waals surface area (Å²) in [5, 5.41) is 0. The van der Waals surface area contributed by atoms with E-state index in [1.807, 2.05) is 0 Å². The zero-order chi connectivity index (χ0) is 19.6. The van der Waals surface area contributed by atoms with Crippen LogP contribution in [0.1, 0.15) is 103 Å². The largest absolute Gasteiger partial charge is 1.00 e. The number of aryl methyl sites for hydroxylation is 1. The summed E-state index contributed by atoms with van der Waals surface area (Å²) in [5.74, 6) is 0. The van der Waals surface area contributed by atoms with Crippen molar-refractivity contribution in [3.63, 3.8) is 0 Å². The molecule has 0 unspecified atom stereocenters. The van der Waals surface area contributed by atoms with Gasteiger partial charge in [-0.05, 0) is 72.6 Å². The molecule has 0 radical (unpaired) electrons. The van der Waals surface area contributed by atoms with Gasteiger partial charge in [0.25, 0.3) is 0 Å². The number of quaternary nitrogens is 1. The third-order valence-corrected chi connectivity index (χ3v) is 6.91. The van der Waals surface area contributed by atoms with Gasteiger partial charge in [-0.25, -0.2) is 0 Å². The molecule has 0 saturated carbocycles. The second-order valence-electron chi connectivity index (χ2n) is 10.3. The molecule has 27 heavy (non-hydrogen) atoms. The van der Waals surface area contributed by atoms with E-state index in [0.29, 0.717) is 10.8 Å². The summed E-state index contributed by atoms with van der Waals surface area (Å²) < 4.78 is 1.27. The van der Waals surface area contributed by atoms with Gasteiger partial charge in [0.2, 0.25) is 0 Å². The van der Waals surface area contributed by atoms with E-state index in [1.54, 1.807) is 16.7 Å². The first kappa shape index (κ1) is 24.9. The van der Waals surface area contributed by atoms with Gasteiger partial charge in [0.05, 0.1) is 19.6 Å². The Morgan fingerprint density at radius 2 is 1.19 bits per heavy atom. The van der Waals surface area contributed by atoms with Crippen molar-refractivity contribution in [2.45, 2.75) is 105 Å². The van der Waals surface area contributed by atoms with Crippen LogP contribution in [-0.2, 0) is 17.4 Å². The number of hydrogen-bond acceptors (Lipinski definition) is 0. The van der Waals surface area contributed by atoms with Crippen molar-refractivity contribution in [1.29, 1.82) is 0 Å². The predicted octanol–water partition coefficient (Wildman–Crippen LogP) is 3.89. The molecule has 2 rings (SSSR count). The van der Waals surface area contributed by atoms with Crippen molar-refractivity contribution >= 4 is 0 Å². The molecule has 0 saturated heterocycles. The van der Waals surface area contributed by atoms with Crippen LogP contribution >= 0.6 is 0 Å². The van der Waals surface area contributed by atoms with Gasteiger partial charge < -0.3 is 28.5 Å². The van der Waals surface area contributed by atoms with Crippen LogP contribution in [0.25, 0.3) is 0 Å². The van der Waals surface area contributed by atoms with Crippen LogP contribution in [-0.4, -0.2) is 24.1 Å². The van der Waals surface area contributed by atoms with Gasteiger partial charge in [-0.15, -0.1) is 0 Å². The van der Waals surface area contributed by atoms with Gasteiger partial charge in [-0.3, -0.25) is 0 Å². The number of nitrogens with zero attached hydrogens (tertiary/aromatic N) is 1. The Balaban J connectivity index is 0.00000364. The molecule has 1 nitrogen and oxygen atoms in total. The molecule has 156 valence electrons. The third kappa shape index (κ3) is 5.50. The zero-order valence-electron chi connectivity index (χ0n) is 19.3. The Hall–Kier alpha value is -0.0900. The topological polar surface area (TPSA) is 0 Å². The van der Waals surface area contributed by atoms with Crippen molar-refractivity contribution in [1.82, 2.24) is 0 Å². The van der Waals surface area contributed by atoms with Crippen molar-refractivity contribution in [2.24, 2.45) is 0 Å². The number of fused-ring (bicyclic) bond motifs is 1. The first-order chi connectivity index (χ1) is 12.1. The molecular weight excluding hydrogens is 441 g/mol. The van der Waals surface area contributed by atoms with E-state index in [0.717, 1.165) is 0 Å². The van der Waals surface area contributed by atoms with Gasteiger partial charge in [-0.2, -0.15) is 0 Å². The minimum absolute atomic E-state index is 0.